The molecule has 3 nitrogen and oxygen atoms in total. The van der Waals surface area contributed by atoms with Gasteiger partial charge in [-0.25, -0.2) is 0 Å². The number of hydrogen-bond acceptors (Lipinski definition) is 2. The second kappa shape index (κ2) is 7.29. The quantitative estimate of drug-likeness (QED) is 0.768. The minimum Gasteiger partial charge on any atom is -0.396 e. The van der Waals surface area contributed by atoms with Gasteiger partial charge in [0.05, 0.1) is 5.41 Å². The molecule has 0 heterocycles. The molecule has 1 aromatic carbocycles. The topological polar surface area (TPSA) is 40.5 Å². The number of carbonyl (C=O) groups is 1. The molecule has 0 aliphatic carbocycles. The van der Waals surface area contributed by atoms with Crippen molar-refractivity contribution in [3.63, 3.8) is 0 Å². The second-order valence-corrected chi connectivity index (χ2v) is 5.50. The lowest BCUT2D eigenvalue weighted by Crippen LogP contribution is -2.41. The van der Waals surface area contributed by atoms with Crippen LogP contribution < -0.4 is 0 Å². The highest BCUT2D eigenvalue weighted by molar-refractivity contribution is 5.87. The van der Waals surface area contributed by atoms with Gasteiger partial charge in [0.1, 0.15) is 0 Å². The molecule has 3 heteroatoms. The Labute approximate surface area is 116 Å². The Morgan fingerprint density at radius 3 is 2.37 bits per heavy atom. The Morgan fingerprint density at radius 1 is 1.16 bits per heavy atom. The Morgan fingerprint density at radius 2 is 1.79 bits per heavy atom. The van der Waals surface area contributed by atoms with Crippen LogP contribution in [0.2, 0.25) is 0 Å². The van der Waals surface area contributed by atoms with E-state index < -0.39 is 5.41 Å². The van der Waals surface area contributed by atoms with Gasteiger partial charge in [-0.1, -0.05) is 30.3 Å². The van der Waals surface area contributed by atoms with E-state index in [4.69, 9.17) is 5.11 Å². The molecule has 0 radical (unpaired) electrons. The number of unbranched alkanes of at least 4 members (excludes halogenated alkanes) is 2. The lowest BCUT2D eigenvalue weighted by molar-refractivity contribution is -0.135. The summed E-state index contributed by atoms with van der Waals surface area (Å²) in [6.07, 6.45) is 2.71. The van der Waals surface area contributed by atoms with Crippen molar-refractivity contribution in [3.05, 3.63) is 35.9 Å². The van der Waals surface area contributed by atoms with Crippen molar-refractivity contribution < 1.29 is 9.90 Å². The van der Waals surface area contributed by atoms with Gasteiger partial charge in [0.25, 0.3) is 0 Å². The van der Waals surface area contributed by atoms with Crippen molar-refractivity contribution in [2.45, 2.75) is 38.5 Å². The summed E-state index contributed by atoms with van der Waals surface area (Å²) >= 11 is 0. The Balaban J connectivity index is 2.60. The number of aliphatic hydroxyl groups excluding tert-OH is 1. The van der Waals surface area contributed by atoms with Gasteiger partial charge in [0.2, 0.25) is 5.91 Å². The fraction of sp³-hybridized carbons (Fsp3) is 0.562. The Bertz CT molecular complexity index is 387. The summed E-state index contributed by atoms with van der Waals surface area (Å²) in [4.78, 5) is 14.3. The molecule has 1 N–H and O–H groups in total. The van der Waals surface area contributed by atoms with Crippen LogP contribution in [0.3, 0.4) is 0 Å². The maximum atomic E-state index is 12.5. The van der Waals surface area contributed by atoms with Crippen LogP contribution in [0.4, 0.5) is 0 Å². The third kappa shape index (κ3) is 4.35. The molecule has 0 aliphatic heterocycles. The van der Waals surface area contributed by atoms with E-state index in [0.29, 0.717) is 0 Å². The molecular weight excluding hydrogens is 238 g/mol. The fourth-order valence-corrected chi connectivity index (χ4v) is 2.19. The fourth-order valence-electron chi connectivity index (χ4n) is 2.19. The number of hydrogen-bond donors (Lipinski definition) is 1. The first-order valence-corrected chi connectivity index (χ1v) is 6.92. The minimum absolute atomic E-state index is 0.141. The molecule has 0 spiro atoms. The summed E-state index contributed by atoms with van der Waals surface area (Å²) < 4.78 is 0. The normalized spacial score (nSPS) is 11.4. The number of nitrogens with zero attached hydrogens (tertiary/aromatic N) is 1. The summed E-state index contributed by atoms with van der Waals surface area (Å²) in [5.74, 6) is 0.141. The third-order valence-corrected chi connectivity index (χ3v) is 3.53. The van der Waals surface area contributed by atoms with Crippen LogP contribution in [0.25, 0.3) is 0 Å². The van der Waals surface area contributed by atoms with Crippen LogP contribution in [-0.2, 0) is 10.2 Å². The molecule has 1 rings (SSSR count). The van der Waals surface area contributed by atoms with Crippen LogP contribution in [0.5, 0.6) is 0 Å². The van der Waals surface area contributed by atoms with Gasteiger partial charge in [0, 0.05) is 20.2 Å². The Kier molecular flexibility index (Phi) is 6.03. The van der Waals surface area contributed by atoms with Gasteiger partial charge in [-0.15, -0.1) is 0 Å². The highest BCUT2D eigenvalue weighted by Gasteiger charge is 2.31. The SMILES string of the molecule is CN(CCCCCO)C(=O)C(C)(C)c1ccccc1. The highest BCUT2D eigenvalue weighted by Crippen LogP contribution is 2.25. The summed E-state index contributed by atoms with van der Waals surface area (Å²) in [5, 5.41) is 8.74. The van der Waals surface area contributed by atoms with E-state index >= 15 is 0 Å². The van der Waals surface area contributed by atoms with Crippen molar-refractivity contribution in [1.29, 1.82) is 0 Å². The zero-order chi connectivity index (χ0) is 14.3. The maximum Gasteiger partial charge on any atom is 0.232 e. The van der Waals surface area contributed by atoms with Crippen LogP contribution in [0.15, 0.2) is 30.3 Å². The standard InChI is InChI=1S/C16H25NO2/c1-16(2,14-10-6-4-7-11-14)15(19)17(3)12-8-5-9-13-18/h4,6-7,10-11,18H,5,8-9,12-13H2,1-3H3. The van der Waals surface area contributed by atoms with Gasteiger partial charge >= 0.3 is 0 Å². The zero-order valence-electron chi connectivity index (χ0n) is 12.2. The van der Waals surface area contributed by atoms with Gasteiger partial charge in [-0.05, 0) is 38.7 Å². The van der Waals surface area contributed by atoms with Gasteiger partial charge in [0.15, 0.2) is 0 Å². The molecule has 106 valence electrons. The lowest BCUT2D eigenvalue weighted by atomic mass is 9.83. The van der Waals surface area contributed by atoms with E-state index in [9.17, 15) is 4.79 Å². The van der Waals surface area contributed by atoms with Crippen LogP contribution in [-0.4, -0.2) is 36.1 Å². The first-order chi connectivity index (χ1) is 9.00. The van der Waals surface area contributed by atoms with Crippen molar-refractivity contribution in [1.82, 2.24) is 4.90 Å². The molecule has 0 aromatic heterocycles. The number of aliphatic hydroxyl groups is 1. The largest absolute Gasteiger partial charge is 0.396 e. The smallest absolute Gasteiger partial charge is 0.232 e. The molecular formula is C16H25NO2. The van der Waals surface area contributed by atoms with Crippen molar-refractivity contribution >= 4 is 5.91 Å². The zero-order valence-corrected chi connectivity index (χ0v) is 12.2. The number of likely N-dealkylation sites (N-methyl/N-ethyl adjacent to an activating group) is 1. The van der Waals surface area contributed by atoms with Crippen molar-refractivity contribution in [3.8, 4) is 0 Å². The maximum absolute atomic E-state index is 12.5. The van der Waals surface area contributed by atoms with E-state index in [1.165, 1.54) is 0 Å². The molecule has 19 heavy (non-hydrogen) atoms. The Hall–Kier alpha value is -1.35. The van der Waals surface area contributed by atoms with Crippen LogP contribution >= 0.6 is 0 Å². The average molecular weight is 263 g/mol. The predicted molar refractivity (Wildman–Crippen MR) is 78.0 cm³/mol. The number of rotatable bonds is 7. The first kappa shape index (κ1) is 15.7. The van der Waals surface area contributed by atoms with E-state index in [2.05, 4.69) is 0 Å². The van der Waals surface area contributed by atoms with E-state index in [-0.39, 0.29) is 12.5 Å². The lowest BCUT2D eigenvalue weighted by Gasteiger charge is -2.30. The van der Waals surface area contributed by atoms with E-state index in [1.807, 2.05) is 51.2 Å². The van der Waals surface area contributed by atoms with Gasteiger partial charge in [-0.2, -0.15) is 0 Å². The molecule has 1 aromatic rings. The van der Waals surface area contributed by atoms with E-state index in [0.717, 1.165) is 31.4 Å². The molecule has 1 amide bonds. The number of amides is 1. The number of benzene rings is 1. The number of carbonyl (C=O) groups excluding carboxylic acids is 1. The molecule has 0 saturated heterocycles. The molecule has 0 unspecified atom stereocenters. The summed E-state index contributed by atoms with van der Waals surface area (Å²) in [6.45, 7) is 4.91. The van der Waals surface area contributed by atoms with Gasteiger partial charge in [-0.3, -0.25) is 4.79 Å². The molecule has 0 fully saturated rings. The second-order valence-electron chi connectivity index (χ2n) is 5.50. The predicted octanol–water partition coefficient (Wildman–Crippen LogP) is 2.59. The highest BCUT2D eigenvalue weighted by atomic mass is 16.2. The third-order valence-electron chi connectivity index (χ3n) is 3.53. The molecule has 0 aliphatic rings. The van der Waals surface area contributed by atoms with Crippen molar-refractivity contribution in [2.75, 3.05) is 20.2 Å². The van der Waals surface area contributed by atoms with Crippen LogP contribution in [0.1, 0.15) is 38.7 Å². The average Bonchev–Trinajstić information content (AvgIpc) is 2.43. The van der Waals surface area contributed by atoms with Gasteiger partial charge < -0.3 is 10.0 Å². The first-order valence-electron chi connectivity index (χ1n) is 6.92. The summed E-state index contributed by atoms with van der Waals surface area (Å²) in [7, 11) is 1.85. The molecule has 0 saturated carbocycles. The summed E-state index contributed by atoms with van der Waals surface area (Å²) in [6, 6.07) is 9.88. The minimum atomic E-state index is -0.493. The van der Waals surface area contributed by atoms with E-state index in [1.54, 1.807) is 4.90 Å². The monoisotopic (exact) mass is 263 g/mol. The molecule has 0 bridgehead atoms. The molecule has 0 atom stereocenters. The van der Waals surface area contributed by atoms with Crippen molar-refractivity contribution in [2.24, 2.45) is 0 Å². The summed E-state index contributed by atoms with van der Waals surface area (Å²) in [5.41, 5.74) is 0.551. The van der Waals surface area contributed by atoms with Crippen LogP contribution in [0, 0.1) is 0 Å².